The average molecular weight is 653 g/mol. The maximum absolute atomic E-state index is 15.7. The molecule has 0 unspecified atom stereocenters. The second kappa shape index (κ2) is 13.9. The maximum Gasteiger partial charge on any atom is 0.338 e. The molecule has 2 aromatic heterocycles. The summed E-state index contributed by atoms with van der Waals surface area (Å²) >= 11 is 0. The molecule has 0 saturated heterocycles. The molecule has 0 bridgehead atoms. The number of fused-ring (bicyclic) bond motifs is 1. The molecule has 11 nitrogen and oxygen atoms in total. The van der Waals surface area contributed by atoms with Crippen LogP contribution in [-0.4, -0.2) is 44.1 Å². The number of hydrogen-bond donors (Lipinski definition) is 2. The van der Waals surface area contributed by atoms with Crippen LogP contribution in [0.4, 0.5) is 8.78 Å². The van der Waals surface area contributed by atoms with Crippen molar-refractivity contribution in [1.82, 2.24) is 19.7 Å². The number of hydrazone groups is 1. The van der Waals surface area contributed by atoms with Gasteiger partial charge in [0.05, 0.1) is 40.5 Å². The molecule has 0 amide bonds. The van der Waals surface area contributed by atoms with Crippen LogP contribution in [0, 0.1) is 23.0 Å². The largest absolute Gasteiger partial charge is 0.473 e. The van der Waals surface area contributed by atoms with Gasteiger partial charge in [-0.05, 0) is 68.8 Å². The van der Waals surface area contributed by atoms with Crippen LogP contribution in [0.1, 0.15) is 53.6 Å². The Balaban J connectivity index is 1.41. The fourth-order valence-corrected chi connectivity index (χ4v) is 4.91. The molecule has 5 rings (SSSR count). The Bertz CT molecular complexity index is 2060. The van der Waals surface area contributed by atoms with Crippen LogP contribution >= 0.6 is 0 Å². The van der Waals surface area contributed by atoms with Crippen molar-refractivity contribution in [3.63, 3.8) is 0 Å². The summed E-state index contributed by atoms with van der Waals surface area (Å²) in [6.45, 7) is 5.34. The monoisotopic (exact) mass is 652 g/mol. The minimum Gasteiger partial charge on any atom is -0.473 e. The van der Waals surface area contributed by atoms with E-state index in [9.17, 15) is 9.18 Å². The van der Waals surface area contributed by atoms with Crippen molar-refractivity contribution in [2.45, 2.75) is 45.9 Å². The first kappa shape index (κ1) is 33.5. The zero-order valence-corrected chi connectivity index (χ0v) is 26.9. The number of pyridine rings is 1. The van der Waals surface area contributed by atoms with E-state index in [1.54, 1.807) is 73.9 Å². The predicted molar refractivity (Wildman–Crippen MR) is 176 cm³/mol. The number of imidazole rings is 1. The number of carbonyl (C=O) groups is 1. The van der Waals surface area contributed by atoms with Crippen molar-refractivity contribution in [1.29, 1.82) is 5.26 Å². The zero-order valence-electron chi connectivity index (χ0n) is 26.9. The van der Waals surface area contributed by atoms with E-state index in [0.717, 1.165) is 11.2 Å². The molecule has 0 aliphatic heterocycles. The standard InChI is InChI=1S/C35H34F2N8O3/c1-35(2,3)48-34(46)24-12-13-29-30(16-24)45(19-31(39)43-44(4)40)32(41-29)17-22-10-11-23(15-27(22)37)28-6-5-7-33(42-28)47-20-25-9-8-21(18-38)14-26(25)36/h5-16H,17,19-20,40H2,1-4H3,(H2,39,43). The number of amidine groups is 1. The first-order chi connectivity index (χ1) is 22.8. The van der Waals surface area contributed by atoms with Gasteiger partial charge in [0.25, 0.3) is 0 Å². The molecule has 0 aliphatic carbocycles. The van der Waals surface area contributed by atoms with Crippen molar-refractivity contribution in [3.8, 4) is 23.2 Å². The van der Waals surface area contributed by atoms with Gasteiger partial charge in [-0.25, -0.2) is 34.5 Å². The van der Waals surface area contributed by atoms with Crippen molar-refractivity contribution in [2.24, 2.45) is 16.7 Å². The lowest BCUT2D eigenvalue weighted by molar-refractivity contribution is 0.00696. The summed E-state index contributed by atoms with van der Waals surface area (Å²) in [6.07, 6.45) is 0.0983. The Morgan fingerprint density at radius 1 is 1.02 bits per heavy atom. The third-order valence-electron chi connectivity index (χ3n) is 7.05. The molecule has 2 heterocycles. The highest BCUT2D eigenvalue weighted by atomic mass is 19.1. The first-order valence-electron chi connectivity index (χ1n) is 14.9. The fourth-order valence-electron chi connectivity index (χ4n) is 4.91. The predicted octanol–water partition coefficient (Wildman–Crippen LogP) is 5.45. The highest BCUT2D eigenvalue weighted by molar-refractivity contribution is 5.94. The third-order valence-corrected chi connectivity index (χ3v) is 7.05. The summed E-state index contributed by atoms with van der Waals surface area (Å²) in [6, 6.07) is 20.8. The summed E-state index contributed by atoms with van der Waals surface area (Å²) in [4.78, 5) is 22.0. The number of nitrogens with zero attached hydrogens (tertiary/aromatic N) is 6. The quantitative estimate of drug-likeness (QED) is 0.0658. The van der Waals surface area contributed by atoms with E-state index in [2.05, 4.69) is 10.1 Å². The molecule has 0 fully saturated rings. The van der Waals surface area contributed by atoms with Gasteiger partial charge in [-0.3, -0.25) is 0 Å². The van der Waals surface area contributed by atoms with Gasteiger partial charge >= 0.3 is 5.97 Å². The fraction of sp³-hybridized carbons (Fsp3) is 0.229. The second-order valence-electron chi connectivity index (χ2n) is 12.0. The van der Waals surface area contributed by atoms with Crippen molar-refractivity contribution >= 4 is 22.8 Å². The van der Waals surface area contributed by atoms with E-state index in [1.807, 2.05) is 6.07 Å². The van der Waals surface area contributed by atoms with E-state index < -0.39 is 23.2 Å². The topological polar surface area (TPSA) is 158 Å². The van der Waals surface area contributed by atoms with Gasteiger partial charge in [-0.1, -0.05) is 24.3 Å². The molecule has 48 heavy (non-hydrogen) atoms. The lowest BCUT2D eigenvalue weighted by Crippen LogP contribution is -2.28. The van der Waals surface area contributed by atoms with Crippen molar-refractivity contribution in [2.75, 3.05) is 7.05 Å². The molecule has 5 aromatic rings. The van der Waals surface area contributed by atoms with Gasteiger partial charge in [0.1, 0.15) is 35.5 Å². The van der Waals surface area contributed by atoms with Crippen LogP contribution < -0.4 is 16.3 Å². The SMILES string of the molecule is CN(N)/N=C(\N)Cn1c(Cc2ccc(-c3cccc(OCc4ccc(C#N)cc4F)n3)cc2F)nc2ccc(C(=O)OC(C)(C)C)cc21. The molecule has 4 N–H and O–H groups in total. The highest BCUT2D eigenvalue weighted by Gasteiger charge is 2.21. The normalized spacial score (nSPS) is 11.8. The van der Waals surface area contributed by atoms with Gasteiger partial charge in [0.2, 0.25) is 5.88 Å². The van der Waals surface area contributed by atoms with Gasteiger partial charge < -0.3 is 19.8 Å². The summed E-state index contributed by atoms with van der Waals surface area (Å²) in [7, 11) is 1.53. The van der Waals surface area contributed by atoms with E-state index in [4.69, 9.17) is 31.3 Å². The Labute approximate surface area is 276 Å². The molecule has 0 saturated carbocycles. The first-order valence-corrected chi connectivity index (χ1v) is 14.9. The number of aromatic nitrogens is 3. The molecule has 0 spiro atoms. The van der Waals surface area contributed by atoms with Crippen molar-refractivity contribution < 1.29 is 23.0 Å². The maximum atomic E-state index is 15.7. The van der Waals surface area contributed by atoms with Crippen LogP contribution in [-0.2, 0) is 24.3 Å². The Morgan fingerprint density at radius 3 is 2.46 bits per heavy atom. The molecule has 0 atom stereocenters. The molecule has 0 radical (unpaired) electrons. The number of benzene rings is 3. The minimum absolute atomic E-state index is 0.0773. The van der Waals surface area contributed by atoms with Crippen LogP contribution in [0.3, 0.4) is 0 Å². The van der Waals surface area contributed by atoms with Gasteiger partial charge in [-0.15, -0.1) is 5.10 Å². The molecular formula is C35H34F2N8O3. The molecule has 13 heteroatoms. The van der Waals surface area contributed by atoms with Gasteiger partial charge in [0.15, 0.2) is 0 Å². The number of esters is 1. The number of nitrogens with two attached hydrogens (primary N) is 2. The number of ether oxygens (including phenoxy) is 2. The average Bonchev–Trinajstić information content (AvgIpc) is 3.35. The van der Waals surface area contributed by atoms with Crippen LogP contribution in [0.2, 0.25) is 0 Å². The van der Waals surface area contributed by atoms with E-state index in [0.29, 0.717) is 39.2 Å². The summed E-state index contributed by atoms with van der Waals surface area (Å²) in [5, 5.41) is 14.1. The van der Waals surface area contributed by atoms with E-state index in [-0.39, 0.29) is 42.4 Å². The van der Waals surface area contributed by atoms with Crippen molar-refractivity contribution in [3.05, 3.63) is 113 Å². The molecule has 246 valence electrons. The lowest BCUT2D eigenvalue weighted by Gasteiger charge is -2.19. The summed E-state index contributed by atoms with van der Waals surface area (Å²) < 4.78 is 42.9. The third kappa shape index (κ3) is 8.09. The van der Waals surface area contributed by atoms with Crippen LogP contribution in [0.15, 0.2) is 77.9 Å². The Kier molecular flexibility index (Phi) is 9.67. The molecular weight excluding hydrogens is 618 g/mol. The van der Waals surface area contributed by atoms with Gasteiger partial charge in [-0.2, -0.15) is 5.26 Å². The Morgan fingerprint density at radius 2 is 1.77 bits per heavy atom. The summed E-state index contributed by atoms with van der Waals surface area (Å²) in [5.41, 5.74) is 8.77. The molecule has 0 aliphatic rings. The number of halogens is 2. The number of nitriles is 1. The number of carbonyl (C=O) groups excluding carboxylic acids is 1. The number of hydrazine groups is 1. The zero-order chi connectivity index (χ0) is 34.6. The van der Waals surface area contributed by atoms with E-state index in [1.165, 1.54) is 25.2 Å². The summed E-state index contributed by atoms with van der Waals surface area (Å²) in [5.74, 6) is 5.01. The highest BCUT2D eigenvalue weighted by Crippen LogP contribution is 2.26. The second-order valence-corrected chi connectivity index (χ2v) is 12.0. The Hall–Kier alpha value is -5.87. The number of hydrogen-bond acceptors (Lipinski definition) is 9. The number of rotatable bonds is 10. The minimum atomic E-state index is -0.681. The van der Waals surface area contributed by atoms with E-state index >= 15 is 4.39 Å². The van der Waals surface area contributed by atoms with Gasteiger partial charge in [0, 0.05) is 30.7 Å². The smallest absolute Gasteiger partial charge is 0.338 e. The van der Waals surface area contributed by atoms with Crippen LogP contribution in [0.25, 0.3) is 22.3 Å². The van der Waals surface area contributed by atoms with Crippen LogP contribution in [0.5, 0.6) is 5.88 Å². The molecule has 3 aromatic carbocycles. The lowest BCUT2D eigenvalue weighted by atomic mass is 10.1.